The van der Waals surface area contributed by atoms with Crippen molar-refractivity contribution in [1.82, 2.24) is 19.5 Å². The van der Waals surface area contributed by atoms with Crippen LogP contribution in [0.3, 0.4) is 0 Å². The zero-order valence-electron chi connectivity index (χ0n) is 12.8. The van der Waals surface area contributed by atoms with Gasteiger partial charge in [0.05, 0.1) is 5.69 Å². The number of likely N-dealkylation sites (tertiary alicyclic amines) is 1. The van der Waals surface area contributed by atoms with Gasteiger partial charge >= 0.3 is 0 Å². The van der Waals surface area contributed by atoms with Crippen molar-refractivity contribution in [1.29, 1.82) is 0 Å². The molecule has 1 saturated heterocycles. The first-order valence-corrected chi connectivity index (χ1v) is 8.36. The molecule has 2 aromatic heterocycles. The first-order valence-electron chi connectivity index (χ1n) is 8.36. The van der Waals surface area contributed by atoms with Crippen LogP contribution in [0.5, 0.6) is 0 Å². The molecule has 0 spiro atoms. The minimum atomic E-state index is 0.632. The van der Waals surface area contributed by atoms with Crippen LogP contribution in [-0.2, 0) is 0 Å². The maximum absolute atomic E-state index is 4.63. The minimum Gasteiger partial charge on any atom is -0.300 e. The minimum absolute atomic E-state index is 0.632. The van der Waals surface area contributed by atoms with Crippen LogP contribution < -0.4 is 0 Å². The Bertz CT molecular complexity index is 619. The molecule has 1 aliphatic heterocycles. The number of hydrogen-bond acceptors (Lipinski definition) is 3. The van der Waals surface area contributed by atoms with E-state index in [2.05, 4.69) is 31.6 Å². The van der Waals surface area contributed by atoms with Crippen molar-refractivity contribution in [3.05, 3.63) is 29.7 Å². The average molecular weight is 284 g/mol. The van der Waals surface area contributed by atoms with Crippen molar-refractivity contribution in [3.63, 3.8) is 0 Å². The molecule has 0 N–H and O–H groups in total. The van der Waals surface area contributed by atoms with Crippen LogP contribution in [0.2, 0.25) is 0 Å². The van der Waals surface area contributed by atoms with Gasteiger partial charge in [0.2, 0.25) is 0 Å². The molecule has 2 aliphatic rings. The molecular weight excluding hydrogens is 260 g/mol. The summed E-state index contributed by atoms with van der Waals surface area (Å²) in [6.45, 7) is 4.54. The van der Waals surface area contributed by atoms with E-state index in [9.17, 15) is 0 Å². The fraction of sp³-hybridized carbons (Fsp3) is 0.647. The largest absolute Gasteiger partial charge is 0.300 e. The normalized spacial score (nSPS) is 22.3. The fourth-order valence-corrected chi connectivity index (χ4v) is 4.17. The maximum Gasteiger partial charge on any atom is 0.155 e. The van der Waals surface area contributed by atoms with E-state index >= 15 is 0 Å². The molecule has 1 saturated carbocycles. The van der Waals surface area contributed by atoms with E-state index in [1.165, 1.54) is 57.3 Å². The molecule has 21 heavy (non-hydrogen) atoms. The van der Waals surface area contributed by atoms with Crippen LogP contribution in [0, 0.1) is 6.92 Å². The molecule has 0 atom stereocenters. The number of piperidine rings is 1. The first kappa shape index (κ1) is 13.3. The number of fused-ring (bicyclic) bond motifs is 1. The van der Waals surface area contributed by atoms with E-state index in [0.29, 0.717) is 5.92 Å². The Morgan fingerprint density at radius 1 is 1.10 bits per heavy atom. The van der Waals surface area contributed by atoms with Crippen molar-refractivity contribution in [2.24, 2.45) is 0 Å². The SMILES string of the molecule is Cc1cc2nccc(C3CCN(C4CCCC4)CC3)n2n1. The van der Waals surface area contributed by atoms with E-state index in [1.54, 1.807) is 0 Å². The van der Waals surface area contributed by atoms with Crippen molar-refractivity contribution in [3.8, 4) is 0 Å². The molecule has 2 fully saturated rings. The van der Waals surface area contributed by atoms with Crippen LogP contribution >= 0.6 is 0 Å². The monoisotopic (exact) mass is 284 g/mol. The average Bonchev–Trinajstić information content (AvgIpc) is 3.15. The van der Waals surface area contributed by atoms with Crippen LogP contribution in [0.15, 0.2) is 18.3 Å². The summed E-state index contributed by atoms with van der Waals surface area (Å²) in [6, 6.07) is 5.10. The topological polar surface area (TPSA) is 33.4 Å². The molecule has 2 aromatic rings. The zero-order chi connectivity index (χ0) is 14.2. The molecule has 0 amide bonds. The van der Waals surface area contributed by atoms with Gasteiger partial charge in [0.25, 0.3) is 0 Å². The van der Waals surface area contributed by atoms with E-state index in [0.717, 1.165) is 17.4 Å². The molecular formula is C17H24N4. The van der Waals surface area contributed by atoms with Gasteiger partial charge in [-0.05, 0) is 51.8 Å². The summed E-state index contributed by atoms with van der Waals surface area (Å²) >= 11 is 0. The highest BCUT2D eigenvalue weighted by Crippen LogP contribution is 2.32. The Balaban J connectivity index is 1.52. The highest BCUT2D eigenvalue weighted by Gasteiger charge is 2.28. The summed E-state index contributed by atoms with van der Waals surface area (Å²) < 4.78 is 2.06. The molecule has 4 rings (SSSR count). The Kier molecular flexibility index (Phi) is 3.42. The van der Waals surface area contributed by atoms with Gasteiger partial charge in [0.1, 0.15) is 0 Å². The van der Waals surface area contributed by atoms with Gasteiger partial charge in [-0.15, -0.1) is 0 Å². The summed E-state index contributed by atoms with van der Waals surface area (Å²) in [5.74, 6) is 0.632. The van der Waals surface area contributed by atoms with Crippen LogP contribution in [0.25, 0.3) is 5.65 Å². The second-order valence-electron chi connectivity index (χ2n) is 6.67. The number of rotatable bonds is 2. The molecule has 0 aromatic carbocycles. The molecule has 0 radical (unpaired) electrons. The standard InChI is InChI=1S/C17H24N4/c1-13-12-17-18-9-6-16(21(17)19-13)14-7-10-20(11-8-14)15-4-2-3-5-15/h6,9,12,14-15H,2-5,7-8,10-11H2,1H3. The lowest BCUT2D eigenvalue weighted by Crippen LogP contribution is -2.39. The summed E-state index contributed by atoms with van der Waals surface area (Å²) in [7, 11) is 0. The van der Waals surface area contributed by atoms with Crippen molar-refractivity contribution in [2.45, 2.75) is 57.4 Å². The Morgan fingerprint density at radius 2 is 1.86 bits per heavy atom. The van der Waals surface area contributed by atoms with Gasteiger partial charge < -0.3 is 4.90 Å². The fourth-order valence-electron chi connectivity index (χ4n) is 4.17. The summed E-state index contributed by atoms with van der Waals surface area (Å²) in [6.07, 6.45) is 10.2. The van der Waals surface area contributed by atoms with Gasteiger partial charge in [-0.2, -0.15) is 5.10 Å². The van der Waals surface area contributed by atoms with Crippen LogP contribution in [0.4, 0.5) is 0 Å². The molecule has 3 heterocycles. The van der Waals surface area contributed by atoms with Gasteiger partial charge in [0, 0.05) is 29.9 Å². The third kappa shape index (κ3) is 2.46. The molecule has 1 aliphatic carbocycles. The zero-order valence-corrected chi connectivity index (χ0v) is 12.8. The molecule has 112 valence electrons. The van der Waals surface area contributed by atoms with E-state index in [4.69, 9.17) is 0 Å². The van der Waals surface area contributed by atoms with Crippen LogP contribution in [-0.4, -0.2) is 38.6 Å². The summed E-state index contributed by atoms with van der Waals surface area (Å²) in [4.78, 5) is 7.16. The number of aromatic nitrogens is 3. The summed E-state index contributed by atoms with van der Waals surface area (Å²) in [5.41, 5.74) is 3.39. The van der Waals surface area contributed by atoms with Crippen molar-refractivity contribution >= 4 is 5.65 Å². The lowest BCUT2D eigenvalue weighted by molar-refractivity contribution is 0.152. The smallest absolute Gasteiger partial charge is 0.155 e. The summed E-state index contributed by atoms with van der Waals surface area (Å²) in [5, 5.41) is 4.63. The van der Waals surface area contributed by atoms with E-state index in [1.807, 2.05) is 13.1 Å². The molecule has 0 bridgehead atoms. The first-order chi connectivity index (χ1) is 10.3. The molecule has 4 heteroatoms. The van der Waals surface area contributed by atoms with Crippen LogP contribution in [0.1, 0.15) is 55.8 Å². The predicted molar refractivity (Wildman–Crippen MR) is 83.5 cm³/mol. The van der Waals surface area contributed by atoms with Gasteiger partial charge in [-0.3, -0.25) is 0 Å². The quantitative estimate of drug-likeness (QED) is 0.849. The Hall–Kier alpha value is -1.42. The van der Waals surface area contributed by atoms with Gasteiger partial charge in [-0.1, -0.05) is 12.8 Å². The highest BCUT2D eigenvalue weighted by molar-refractivity contribution is 5.40. The van der Waals surface area contributed by atoms with Gasteiger partial charge in [0.15, 0.2) is 5.65 Å². The van der Waals surface area contributed by atoms with Crippen molar-refractivity contribution < 1.29 is 0 Å². The highest BCUT2D eigenvalue weighted by atomic mass is 15.3. The van der Waals surface area contributed by atoms with E-state index < -0.39 is 0 Å². The lowest BCUT2D eigenvalue weighted by Gasteiger charge is -2.36. The Morgan fingerprint density at radius 3 is 2.62 bits per heavy atom. The third-order valence-corrected chi connectivity index (χ3v) is 5.30. The number of aryl methyl sites for hydroxylation is 1. The molecule has 0 unspecified atom stereocenters. The second kappa shape index (κ2) is 5.41. The molecule has 4 nitrogen and oxygen atoms in total. The van der Waals surface area contributed by atoms with Crippen molar-refractivity contribution in [2.75, 3.05) is 13.1 Å². The predicted octanol–water partition coefficient (Wildman–Crippen LogP) is 3.16. The lowest BCUT2D eigenvalue weighted by atomic mass is 9.92. The third-order valence-electron chi connectivity index (χ3n) is 5.30. The number of nitrogens with zero attached hydrogens (tertiary/aromatic N) is 4. The maximum atomic E-state index is 4.63. The van der Waals surface area contributed by atoms with Gasteiger partial charge in [-0.25, -0.2) is 9.50 Å². The van der Waals surface area contributed by atoms with E-state index in [-0.39, 0.29) is 0 Å². The number of hydrogen-bond donors (Lipinski definition) is 0. The Labute approximate surface area is 126 Å². The second-order valence-corrected chi connectivity index (χ2v) is 6.67.